The Kier molecular flexibility index (Phi) is 2.55. The summed E-state index contributed by atoms with van der Waals surface area (Å²) in [5, 5.41) is 0. The van der Waals surface area contributed by atoms with E-state index in [9.17, 15) is 0 Å². The first kappa shape index (κ1) is 8.02. The lowest BCUT2D eigenvalue weighted by Crippen LogP contribution is -2.35. The Morgan fingerprint density at radius 3 is 1.50 bits per heavy atom. The van der Waals surface area contributed by atoms with Crippen LogP contribution in [-0.4, -0.2) is 40.1 Å². The number of nitrogens with zero attached hydrogens (tertiary/aromatic N) is 1. The maximum Gasteiger partial charge on any atom is 0.0784 e. The van der Waals surface area contributed by atoms with Crippen LogP contribution in [0.5, 0.6) is 0 Å². The van der Waals surface area contributed by atoms with Crippen molar-refractivity contribution in [2.24, 2.45) is 0 Å². The fourth-order valence-electron chi connectivity index (χ4n) is 1.19. The molecule has 2 heteroatoms. The normalized spacial score (nSPS) is 24.8. The van der Waals surface area contributed by atoms with Gasteiger partial charge in [0.1, 0.15) is 0 Å². The molecule has 0 bridgehead atoms. The van der Waals surface area contributed by atoms with Crippen molar-refractivity contribution in [3.63, 3.8) is 0 Å². The minimum Gasteiger partial charge on any atom is -0.328 e. The smallest absolute Gasteiger partial charge is 0.0784 e. The van der Waals surface area contributed by atoms with E-state index in [0.717, 1.165) is 0 Å². The van der Waals surface area contributed by atoms with Crippen LogP contribution in [-0.2, 0) is 0 Å². The van der Waals surface area contributed by atoms with E-state index < -0.39 is 0 Å². The number of quaternary nitrogens is 1. The molecule has 0 aromatic heterocycles. The van der Waals surface area contributed by atoms with Crippen LogP contribution in [0.4, 0.5) is 0 Å². The molecule has 8 heavy (non-hydrogen) atoms. The largest absolute Gasteiger partial charge is 0.328 e. The van der Waals surface area contributed by atoms with Gasteiger partial charge in [-0.15, -0.1) is 0 Å². The van der Waals surface area contributed by atoms with Crippen LogP contribution < -0.4 is 0 Å². The Labute approximate surface area is 53.9 Å². The van der Waals surface area contributed by atoms with Gasteiger partial charge < -0.3 is 4.48 Å². The topological polar surface area (TPSA) is 0 Å². The summed E-state index contributed by atoms with van der Waals surface area (Å²) in [5.41, 5.74) is 0. The third-order valence-corrected chi connectivity index (χ3v) is 1.78. The summed E-state index contributed by atoms with van der Waals surface area (Å²) in [6, 6.07) is 0. The van der Waals surface area contributed by atoms with Crippen molar-refractivity contribution >= 4 is 8.41 Å². The average Bonchev–Trinajstić information content (AvgIpc) is 1.84. The van der Waals surface area contributed by atoms with E-state index >= 15 is 0 Å². The number of rotatable bonds is 0. The molecule has 0 aromatic rings. The van der Waals surface area contributed by atoms with Gasteiger partial charge in [0.25, 0.3) is 0 Å². The van der Waals surface area contributed by atoms with E-state index in [4.69, 9.17) is 0 Å². The first-order valence-corrected chi connectivity index (χ1v) is 3.03. The first-order chi connectivity index (χ1) is 3.21. The molecule has 1 heterocycles. The Hall–Kier alpha value is 0.0249. The zero-order chi connectivity index (χ0) is 5.33. The van der Waals surface area contributed by atoms with Crippen LogP contribution in [0.2, 0.25) is 0 Å². The predicted octanol–water partition coefficient (Wildman–Crippen LogP) is -0.595. The molecule has 0 spiro atoms. The summed E-state index contributed by atoms with van der Waals surface area (Å²) >= 11 is 0. The van der Waals surface area contributed by atoms with E-state index in [1.54, 1.807) is 0 Å². The van der Waals surface area contributed by atoms with Crippen molar-refractivity contribution in [2.45, 2.75) is 12.8 Å². The van der Waals surface area contributed by atoms with Crippen LogP contribution in [0.1, 0.15) is 12.8 Å². The van der Waals surface area contributed by atoms with E-state index in [-0.39, 0.29) is 8.41 Å². The van der Waals surface area contributed by atoms with E-state index in [0.29, 0.717) is 0 Å². The molecule has 50 valence electrons. The van der Waals surface area contributed by atoms with Crippen molar-refractivity contribution < 1.29 is 4.48 Å². The van der Waals surface area contributed by atoms with Gasteiger partial charge in [0, 0.05) is 12.8 Å². The Bertz CT molecular complexity index is 62.9. The minimum atomic E-state index is 0. The third kappa shape index (κ3) is 1.87. The number of hydrogen-bond donors (Lipinski definition) is 0. The summed E-state index contributed by atoms with van der Waals surface area (Å²) < 4.78 is 1.25. The van der Waals surface area contributed by atoms with Crippen molar-refractivity contribution in [3.8, 4) is 0 Å². The molecular weight excluding hydrogens is 96.9 g/mol. The van der Waals surface area contributed by atoms with Crippen LogP contribution in [0.3, 0.4) is 0 Å². The quantitative estimate of drug-likeness (QED) is 0.292. The van der Waals surface area contributed by atoms with Gasteiger partial charge in [-0.3, -0.25) is 0 Å². The zero-order valence-corrected chi connectivity index (χ0v) is 5.28. The van der Waals surface area contributed by atoms with Gasteiger partial charge in [-0.05, 0) is 0 Å². The maximum absolute atomic E-state index is 2.30. The molecule has 0 aromatic carbocycles. The summed E-state index contributed by atoms with van der Waals surface area (Å²) in [6.45, 7) is 2.78. The van der Waals surface area contributed by atoms with Crippen LogP contribution in [0, 0.1) is 0 Å². The second-order valence-corrected chi connectivity index (χ2v) is 3.09. The van der Waals surface area contributed by atoms with E-state index in [2.05, 4.69) is 14.1 Å². The maximum atomic E-state index is 2.30. The fraction of sp³-hybridized carbons (Fsp3) is 1.00. The van der Waals surface area contributed by atoms with Gasteiger partial charge in [-0.1, -0.05) is 8.41 Å². The SMILES string of the molecule is C[N+]1(C)CCCC1.[BH4-]. The Morgan fingerprint density at radius 1 is 1.00 bits per heavy atom. The molecular formula is C6H18BN. The molecule has 0 unspecified atom stereocenters. The monoisotopic (exact) mass is 115 g/mol. The van der Waals surface area contributed by atoms with Crippen LogP contribution in [0.25, 0.3) is 0 Å². The third-order valence-electron chi connectivity index (χ3n) is 1.78. The minimum absolute atomic E-state index is 0. The lowest BCUT2D eigenvalue weighted by molar-refractivity contribution is -0.877. The highest BCUT2D eigenvalue weighted by molar-refractivity contribution is 5.75. The molecule has 1 saturated heterocycles. The van der Waals surface area contributed by atoms with E-state index in [1.165, 1.54) is 30.4 Å². The number of likely N-dealkylation sites (tertiary alicyclic amines) is 1. The summed E-state index contributed by atoms with van der Waals surface area (Å²) in [7, 11) is 4.60. The molecule has 0 radical (unpaired) electrons. The van der Waals surface area contributed by atoms with Crippen molar-refractivity contribution in [1.82, 2.24) is 0 Å². The second-order valence-electron chi connectivity index (χ2n) is 3.09. The second kappa shape index (κ2) is 2.54. The molecule has 1 aliphatic rings. The summed E-state index contributed by atoms with van der Waals surface area (Å²) in [4.78, 5) is 0. The van der Waals surface area contributed by atoms with Crippen LogP contribution in [0.15, 0.2) is 0 Å². The fourth-order valence-corrected chi connectivity index (χ4v) is 1.19. The molecule has 0 aliphatic carbocycles. The van der Waals surface area contributed by atoms with Crippen molar-refractivity contribution in [1.29, 1.82) is 0 Å². The molecule has 1 fully saturated rings. The van der Waals surface area contributed by atoms with Crippen molar-refractivity contribution in [3.05, 3.63) is 0 Å². The summed E-state index contributed by atoms with van der Waals surface area (Å²) in [5.74, 6) is 0. The summed E-state index contributed by atoms with van der Waals surface area (Å²) in [6.07, 6.45) is 2.88. The van der Waals surface area contributed by atoms with Crippen LogP contribution >= 0.6 is 0 Å². The highest BCUT2D eigenvalue weighted by atomic mass is 15.3. The van der Waals surface area contributed by atoms with Gasteiger partial charge in [-0.25, -0.2) is 0 Å². The van der Waals surface area contributed by atoms with Crippen molar-refractivity contribution in [2.75, 3.05) is 27.2 Å². The molecule has 0 N–H and O–H groups in total. The zero-order valence-electron chi connectivity index (χ0n) is 5.28. The Morgan fingerprint density at radius 2 is 1.38 bits per heavy atom. The molecule has 1 nitrogen and oxygen atoms in total. The lowest BCUT2D eigenvalue weighted by atomic mass is 10.4. The van der Waals surface area contributed by atoms with Gasteiger partial charge in [0.2, 0.25) is 0 Å². The highest BCUT2D eigenvalue weighted by Crippen LogP contribution is 2.11. The standard InChI is InChI=1S/C6H14N.BH4/c1-7(2)5-3-4-6-7;/h3-6H2,1-2H3;1H4/q+1;-1. The molecule has 1 rings (SSSR count). The number of hydrogen-bond acceptors (Lipinski definition) is 0. The Balaban J connectivity index is 0.000000490. The first-order valence-electron chi connectivity index (χ1n) is 3.03. The van der Waals surface area contributed by atoms with Gasteiger partial charge in [-0.2, -0.15) is 0 Å². The van der Waals surface area contributed by atoms with Gasteiger partial charge >= 0.3 is 0 Å². The van der Waals surface area contributed by atoms with E-state index in [1.807, 2.05) is 0 Å². The molecule has 0 atom stereocenters. The average molecular weight is 115 g/mol. The predicted molar refractivity (Wildman–Crippen MR) is 42.4 cm³/mol. The molecule has 1 aliphatic heterocycles. The van der Waals surface area contributed by atoms with Gasteiger partial charge in [0.05, 0.1) is 27.2 Å². The van der Waals surface area contributed by atoms with Gasteiger partial charge in [0.15, 0.2) is 0 Å². The molecule has 0 amide bonds. The molecule has 0 saturated carbocycles. The lowest BCUT2D eigenvalue weighted by Gasteiger charge is -2.21. The highest BCUT2D eigenvalue weighted by Gasteiger charge is 2.19.